The second-order valence-electron chi connectivity index (χ2n) is 12.3. The van der Waals surface area contributed by atoms with Crippen molar-refractivity contribution in [3.8, 4) is 11.4 Å². The Balaban J connectivity index is 1.37. The molecule has 5 heterocycles. The van der Waals surface area contributed by atoms with Gasteiger partial charge >= 0.3 is 0 Å². The quantitative estimate of drug-likeness (QED) is 0.188. The first-order valence-corrected chi connectivity index (χ1v) is 16.4. The average Bonchev–Trinajstić information content (AvgIpc) is 3.77. The van der Waals surface area contributed by atoms with Crippen molar-refractivity contribution >= 4 is 67.2 Å². The number of imide groups is 1. The van der Waals surface area contributed by atoms with Crippen LogP contribution in [0.3, 0.4) is 0 Å². The SMILES string of the molecule is O=C1c2c(c3c(c4ccccc4n3-c3ccccc3)c3c4ccccc4n(-c4ccccc4)c23)C(=O)N1c1nccc(N2CCOCC2)n1. The van der Waals surface area contributed by atoms with E-state index < -0.39 is 11.8 Å². The van der Waals surface area contributed by atoms with E-state index >= 15 is 9.59 Å². The van der Waals surface area contributed by atoms with Gasteiger partial charge < -0.3 is 18.8 Å². The average molecular weight is 641 g/mol. The van der Waals surface area contributed by atoms with Crippen molar-refractivity contribution in [3.63, 3.8) is 0 Å². The van der Waals surface area contributed by atoms with Crippen LogP contribution in [0.4, 0.5) is 11.8 Å². The van der Waals surface area contributed by atoms with Crippen LogP contribution in [0.2, 0.25) is 0 Å². The summed E-state index contributed by atoms with van der Waals surface area (Å²) >= 11 is 0. The molecule has 10 rings (SSSR count). The highest BCUT2D eigenvalue weighted by atomic mass is 16.5. The van der Waals surface area contributed by atoms with Crippen molar-refractivity contribution in [2.45, 2.75) is 0 Å². The summed E-state index contributed by atoms with van der Waals surface area (Å²) in [4.78, 5) is 42.6. The zero-order valence-corrected chi connectivity index (χ0v) is 26.3. The van der Waals surface area contributed by atoms with Crippen molar-refractivity contribution in [2.24, 2.45) is 0 Å². The van der Waals surface area contributed by atoms with Gasteiger partial charge in [-0.05, 0) is 42.5 Å². The van der Waals surface area contributed by atoms with Crippen LogP contribution < -0.4 is 9.80 Å². The van der Waals surface area contributed by atoms with E-state index in [0.717, 1.165) is 48.9 Å². The molecule has 236 valence electrons. The lowest BCUT2D eigenvalue weighted by Crippen LogP contribution is -2.37. The maximum atomic E-state index is 15.0. The molecule has 0 spiro atoms. The highest BCUT2D eigenvalue weighted by molar-refractivity contribution is 6.45. The maximum Gasteiger partial charge on any atom is 0.270 e. The molecule has 0 atom stereocenters. The highest BCUT2D eigenvalue weighted by Crippen LogP contribution is 2.48. The fourth-order valence-corrected chi connectivity index (χ4v) is 7.72. The number of hydrogen-bond acceptors (Lipinski definition) is 6. The Hall–Kier alpha value is -6.32. The van der Waals surface area contributed by atoms with E-state index in [2.05, 4.69) is 43.3 Å². The van der Waals surface area contributed by atoms with Gasteiger partial charge in [0.2, 0.25) is 5.95 Å². The molecular formula is C40H28N6O3. The second-order valence-corrected chi connectivity index (χ2v) is 12.3. The number of carbonyl (C=O) groups excluding carboxylic acids is 2. The number of nitrogens with zero attached hydrogens (tertiary/aromatic N) is 6. The molecule has 0 saturated carbocycles. The molecule has 49 heavy (non-hydrogen) atoms. The smallest absolute Gasteiger partial charge is 0.270 e. The van der Waals surface area contributed by atoms with Crippen LogP contribution in [-0.4, -0.2) is 57.2 Å². The molecule has 5 aromatic carbocycles. The van der Waals surface area contributed by atoms with Gasteiger partial charge in [0.15, 0.2) is 0 Å². The summed E-state index contributed by atoms with van der Waals surface area (Å²) in [7, 11) is 0. The first-order valence-electron chi connectivity index (χ1n) is 16.4. The van der Waals surface area contributed by atoms with Crippen molar-refractivity contribution in [1.82, 2.24) is 19.1 Å². The third-order valence-corrected chi connectivity index (χ3v) is 9.75. The lowest BCUT2D eigenvalue weighted by molar-refractivity contribution is 0.0924. The van der Waals surface area contributed by atoms with Crippen LogP contribution in [0, 0.1) is 0 Å². The monoisotopic (exact) mass is 640 g/mol. The molecule has 3 aromatic heterocycles. The summed E-state index contributed by atoms with van der Waals surface area (Å²) in [5.41, 5.74) is 5.74. The summed E-state index contributed by atoms with van der Waals surface area (Å²) < 4.78 is 9.79. The minimum Gasteiger partial charge on any atom is -0.378 e. The van der Waals surface area contributed by atoms with Crippen LogP contribution in [0.5, 0.6) is 0 Å². The normalized spacial score (nSPS) is 14.9. The lowest BCUT2D eigenvalue weighted by atomic mass is 9.98. The fraction of sp³-hybridized carbons (Fsp3) is 0.100. The second kappa shape index (κ2) is 10.6. The predicted molar refractivity (Wildman–Crippen MR) is 191 cm³/mol. The Morgan fingerprint density at radius 1 is 0.571 bits per heavy atom. The first-order chi connectivity index (χ1) is 24.2. The lowest BCUT2D eigenvalue weighted by Gasteiger charge is -2.28. The minimum atomic E-state index is -0.448. The van der Waals surface area contributed by atoms with E-state index in [4.69, 9.17) is 9.72 Å². The number of rotatable bonds is 4. The van der Waals surface area contributed by atoms with E-state index in [0.29, 0.717) is 54.3 Å². The van der Waals surface area contributed by atoms with E-state index in [1.165, 1.54) is 0 Å². The Kier molecular flexibility index (Phi) is 6.00. The third kappa shape index (κ3) is 3.90. The largest absolute Gasteiger partial charge is 0.378 e. The molecule has 9 heteroatoms. The minimum absolute atomic E-state index is 0.0567. The molecule has 0 radical (unpaired) electrons. The number of anilines is 2. The van der Waals surface area contributed by atoms with Gasteiger partial charge in [0.1, 0.15) is 5.82 Å². The van der Waals surface area contributed by atoms with Crippen molar-refractivity contribution < 1.29 is 14.3 Å². The zero-order valence-electron chi connectivity index (χ0n) is 26.3. The number of hydrogen-bond donors (Lipinski definition) is 0. The fourth-order valence-electron chi connectivity index (χ4n) is 7.72. The van der Waals surface area contributed by atoms with Crippen LogP contribution in [0.25, 0.3) is 55.0 Å². The summed E-state index contributed by atoms with van der Waals surface area (Å²) in [6.07, 6.45) is 1.61. The van der Waals surface area contributed by atoms with Crippen LogP contribution in [0.15, 0.2) is 121 Å². The van der Waals surface area contributed by atoms with Gasteiger partial charge in [-0.25, -0.2) is 9.88 Å². The first kappa shape index (κ1) is 27.8. The Labute approximate surface area is 280 Å². The molecule has 0 N–H and O–H groups in total. The maximum absolute atomic E-state index is 15.0. The molecule has 2 amide bonds. The number of amides is 2. The van der Waals surface area contributed by atoms with E-state index in [1.807, 2.05) is 91.0 Å². The summed E-state index contributed by atoms with van der Waals surface area (Å²) in [6.45, 7) is 2.48. The summed E-state index contributed by atoms with van der Waals surface area (Å²) in [6, 6.07) is 38.3. The topological polar surface area (TPSA) is 85.5 Å². The molecule has 2 aliphatic rings. The van der Waals surface area contributed by atoms with Gasteiger partial charge in [-0.15, -0.1) is 0 Å². The predicted octanol–water partition coefficient (Wildman–Crippen LogP) is 7.31. The van der Waals surface area contributed by atoms with Gasteiger partial charge in [0.05, 0.1) is 46.4 Å². The highest BCUT2D eigenvalue weighted by Gasteiger charge is 2.45. The third-order valence-electron chi connectivity index (χ3n) is 9.75. The van der Waals surface area contributed by atoms with Crippen LogP contribution >= 0.6 is 0 Å². The molecule has 2 aliphatic heterocycles. The number of para-hydroxylation sites is 4. The molecule has 0 aliphatic carbocycles. The van der Waals surface area contributed by atoms with E-state index in [-0.39, 0.29) is 5.95 Å². The Bertz CT molecular complexity index is 2490. The number of morpholine rings is 1. The number of carbonyl (C=O) groups is 2. The number of benzene rings is 5. The molecule has 8 aromatic rings. The van der Waals surface area contributed by atoms with Crippen molar-refractivity contribution in [2.75, 3.05) is 36.1 Å². The Morgan fingerprint density at radius 3 is 1.59 bits per heavy atom. The molecule has 0 unspecified atom stereocenters. The summed E-state index contributed by atoms with van der Waals surface area (Å²) in [5.74, 6) is -0.190. The zero-order chi connectivity index (χ0) is 32.6. The van der Waals surface area contributed by atoms with E-state index in [9.17, 15) is 0 Å². The molecule has 1 fully saturated rings. The standard InChI is InChI=1S/C40H28N6O3/c47-38-34-35(39(48)46(38)40-41-20-19-31(42-40)43-21-23-49-24-22-43)37-33(28-16-8-10-18-30(28)45(37)26-13-5-2-6-14-26)32-27-15-7-9-17-29(27)44(36(32)34)25-11-3-1-4-12-25/h1-20H,21-24H2. The number of fused-ring (bicyclic) bond motifs is 10. The number of aromatic nitrogens is 4. The van der Waals surface area contributed by atoms with Gasteiger partial charge in [-0.1, -0.05) is 72.8 Å². The number of ether oxygens (including phenoxy) is 1. The van der Waals surface area contributed by atoms with Gasteiger partial charge in [0.25, 0.3) is 11.8 Å². The molecule has 9 nitrogen and oxygen atoms in total. The Morgan fingerprint density at radius 2 is 1.06 bits per heavy atom. The van der Waals surface area contributed by atoms with Gasteiger partial charge in [0, 0.05) is 52.2 Å². The molecular weight excluding hydrogens is 612 g/mol. The van der Waals surface area contributed by atoms with Crippen LogP contribution in [-0.2, 0) is 4.74 Å². The van der Waals surface area contributed by atoms with Gasteiger partial charge in [-0.3, -0.25) is 9.59 Å². The van der Waals surface area contributed by atoms with Crippen molar-refractivity contribution in [1.29, 1.82) is 0 Å². The van der Waals surface area contributed by atoms with Crippen LogP contribution in [0.1, 0.15) is 20.7 Å². The summed E-state index contributed by atoms with van der Waals surface area (Å²) in [5, 5.41) is 3.83. The van der Waals surface area contributed by atoms with E-state index in [1.54, 1.807) is 6.20 Å². The van der Waals surface area contributed by atoms with Crippen molar-refractivity contribution in [3.05, 3.63) is 133 Å². The van der Waals surface area contributed by atoms with Gasteiger partial charge in [-0.2, -0.15) is 4.98 Å². The molecule has 1 saturated heterocycles. The molecule has 0 bridgehead atoms.